The van der Waals surface area contributed by atoms with E-state index in [0.717, 1.165) is 21.3 Å². The van der Waals surface area contributed by atoms with Crippen molar-refractivity contribution in [3.63, 3.8) is 0 Å². The molecule has 0 spiro atoms. The van der Waals surface area contributed by atoms with Crippen LogP contribution in [0.3, 0.4) is 0 Å². The summed E-state index contributed by atoms with van der Waals surface area (Å²) in [5.74, 6) is 0.792. The van der Waals surface area contributed by atoms with Crippen LogP contribution in [0.2, 0.25) is 10.0 Å². The van der Waals surface area contributed by atoms with E-state index >= 15 is 0 Å². The van der Waals surface area contributed by atoms with Crippen LogP contribution in [-0.2, 0) is 0 Å². The number of rotatable bonds is 2. The lowest BCUT2D eigenvalue weighted by Crippen LogP contribution is -1.85. The molecule has 0 heterocycles. The molecule has 0 amide bonds. The van der Waals surface area contributed by atoms with Crippen molar-refractivity contribution in [3.8, 4) is 16.9 Å². The van der Waals surface area contributed by atoms with E-state index in [0.29, 0.717) is 10.0 Å². The third-order valence-corrected chi connectivity index (χ3v) is 3.56. The molecule has 0 fully saturated rings. The Hall–Kier alpha value is -0.700. The van der Waals surface area contributed by atoms with E-state index in [1.54, 1.807) is 13.2 Å². The molecule has 0 bridgehead atoms. The van der Waals surface area contributed by atoms with Crippen molar-refractivity contribution in [2.45, 2.75) is 0 Å². The Morgan fingerprint density at radius 3 is 2.35 bits per heavy atom. The van der Waals surface area contributed by atoms with Crippen molar-refractivity contribution in [1.29, 1.82) is 0 Å². The van der Waals surface area contributed by atoms with Gasteiger partial charge in [-0.2, -0.15) is 0 Å². The van der Waals surface area contributed by atoms with E-state index in [1.165, 1.54) is 0 Å². The lowest BCUT2D eigenvalue weighted by atomic mass is 10.1. The van der Waals surface area contributed by atoms with Gasteiger partial charge in [0.15, 0.2) is 0 Å². The Kier molecular flexibility index (Phi) is 3.97. The van der Waals surface area contributed by atoms with Crippen LogP contribution in [0, 0.1) is 0 Å². The summed E-state index contributed by atoms with van der Waals surface area (Å²) in [5, 5.41) is 1.10. The fourth-order valence-corrected chi connectivity index (χ4v) is 2.29. The number of halogens is 3. The largest absolute Gasteiger partial charge is 0.497 e. The van der Waals surface area contributed by atoms with Gasteiger partial charge in [0, 0.05) is 4.47 Å². The maximum atomic E-state index is 6.00. The SMILES string of the molecule is COc1cc(Br)cc(-c2ccc(Cl)c(Cl)c2)c1. The summed E-state index contributed by atoms with van der Waals surface area (Å²) in [4.78, 5) is 0. The Morgan fingerprint density at radius 2 is 1.71 bits per heavy atom. The normalized spacial score (nSPS) is 10.4. The zero-order chi connectivity index (χ0) is 12.4. The monoisotopic (exact) mass is 330 g/mol. The third-order valence-electron chi connectivity index (χ3n) is 2.36. The predicted octanol–water partition coefficient (Wildman–Crippen LogP) is 5.43. The van der Waals surface area contributed by atoms with Crippen molar-refractivity contribution < 1.29 is 4.74 Å². The van der Waals surface area contributed by atoms with Crippen molar-refractivity contribution in [2.75, 3.05) is 7.11 Å². The lowest BCUT2D eigenvalue weighted by molar-refractivity contribution is 0.414. The summed E-state index contributed by atoms with van der Waals surface area (Å²) in [6.07, 6.45) is 0. The topological polar surface area (TPSA) is 9.23 Å². The molecule has 0 aliphatic rings. The molecule has 0 saturated heterocycles. The van der Waals surface area contributed by atoms with E-state index in [4.69, 9.17) is 27.9 Å². The average Bonchev–Trinajstić information content (AvgIpc) is 2.32. The number of methoxy groups -OCH3 is 1. The maximum Gasteiger partial charge on any atom is 0.120 e. The van der Waals surface area contributed by atoms with E-state index in [-0.39, 0.29) is 0 Å². The predicted molar refractivity (Wildman–Crippen MR) is 76.2 cm³/mol. The second kappa shape index (κ2) is 5.30. The van der Waals surface area contributed by atoms with Crippen LogP contribution < -0.4 is 4.74 Å². The highest BCUT2D eigenvalue weighted by Gasteiger charge is 2.05. The molecule has 0 unspecified atom stereocenters. The molecular formula is C13H9BrCl2O. The molecule has 88 valence electrons. The number of benzene rings is 2. The molecule has 0 aromatic heterocycles. The van der Waals surface area contributed by atoms with Crippen molar-refractivity contribution in [1.82, 2.24) is 0 Å². The maximum absolute atomic E-state index is 6.00. The second-order valence-electron chi connectivity index (χ2n) is 3.51. The lowest BCUT2D eigenvalue weighted by Gasteiger charge is -2.07. The van der Waals surface area contributed by atoms with Gasteiger partial charge < -0.3 is 4.74 Å². The zero-order valence-corrected chi connectivity index (χ0v) is 12.1. The van der Waals surface area contributed by atoms with Crippen molar-refractivity contribution >= 4 is 39.1 Å². The molecule has 0 aliphatic carbocycles. The first-order valence-corrected chi connectivity index (χ1v) is 6.45. The molecule has 4 heteroatoms. The van der Waals surface area contributed by atoms with Crippen LogP contribution in [0.1, 0.15) is 0 Å². The Labute approximate surface area is 118 Å². The first-order chi connectivity index (χ1) is 8.10. The van der Waals surface area contributed by atoms with Crippen LogP contribution in [0.15, 0.2) is 40.9 Å². The van der Waals surface area contributed by atoms with E-state index in [2.05, 4.69) is 15.9 Å². The standard InChI is InChI=1S/C13H9BrCl2O/c1-17-11-5-9(4-10(14)7-11)8-2-3-12(15)13(16)6-8/h2-7H,1H3. The molecule has 2 aromatic carbocycles. The fraction of sp³-hybridized carbons (Fsp3) is 0.0769. The molecule has 0 radical (unpaired) electrons. The minimum Gasteiger partial charge on any atom is -0.497 e. The fourth-order valence-electron chi connectivity index (χ4n) is 1.52. The quantitative estimate of drug-likeness (QED) is 0.712. The van der Waals surface area contributed by atoms with Crippen LogP contribution in [0.5, 0.6) is 5.75 Å². The molecular weight excluding hydrogens is 323 g/mol. The summed E-state index contributed by atoms with van der Waals surface area (Å²) in [5.41, 5.74) is 2.02. The van der Waals surface area contributed by atoms with Gasteiger partial charge in [0.05, 0.1) is 17.2 Å². The number of hydrogen-bond acceptors (Lipinski definition) is 1. The van der Waals surface area contributed by atoms with Crippen LogP contribution in [-0.4, -0.2) is 7.11 Å². The van der Waals surface area contributed by atoms with Gasteiger partial charge in [-0.3, -0.25) is 0 Å². The highest BCUT2D eigenvalue weighted by molar-refractivity contribution is 9.10. The molecule has 0 atom stereocenters. The summed E-state index contributed by atoms with van der Waals surface area (Å²) in [6.45, 7) is 0. The third kappa shape index (κ3) is 2.95. The Morgan fingerprint density at radius 1 is 0.941 bits per heavy atom. The van der Waals surface area contributed by atoms with Crippen molar-refractivity contribution in [2.24, 2.45) is 0 Å². The van der Waals surface area contributed by atoms with Gasteiger partial charge in [-0.05, 0) is 41.5 Å². The molecule has 2 aromatic rings. The molecule has 17 heavy (non-hydrogen) atoms. The first-order valence-electron chi connectivity index (χ1n) is 4.90. The van der Waals surface area contributed by atoms with Gasteiger partial charge in [-0.1, -0.05) is 45.2 Å². The minimum atomic E-state index is 0.545. The van der Waals surface area contributed by atoms with Crippen LogP contribution >= 0.6 is 39.1 Å². The van der Waals surface area contributed by atoms with Crippen LogP contribution in [0.25, 0.3) is 11.1 Å². The Balaban J connectivity index is 2.52. The summed E-state index contributed by atoms with van der Waals surface area (Å²) in [7, 11) is 1.64. The van der Waals surface area contributed by atoms with Gasteiger partial charge in [-0.15, -0.1) is 0 Å². The van der Waals surface area contributed by atoms with Crippen LogP contribution in [0.4, 0.5) is 0 Å². The first kappa shape index (κ1) is 12.7. The van der Waals surface area contributed by atoms with Gasteiger partial charge in [0.2, 0.25) is 0 Å². The zero-order valence-electron chi connectivity index (χ0n) is 9.01. The van der Waals surface area contributed by atoms with Gasteiger partial charge in [0.1, 0.15) is 5.75 Å². The van der Waals surface area contributed by atoms with E-state index in [1.807, 2.05) is 30.3 Å². The summed E-state index contributed by atoms with van der Waals surface area (Å²) >= 11 is 15.3. The molecule has 1 nitrogen and oxygen atoms in total. The van der Waals surface area contributed by atoms with Gasteiger partial charge in [-0.25, -0.2) is 0 Å². The highest BCUT2D eigenvalue weighted by Crippen LogP contribution is 2.32. The number of ether oxygens (including phenoxy) is 1. The van der Waals surface area contributed by atoms with E-state index < -0.39 is 0 Å². The second-order valence-corrected chi connectivity index (χ2v) is 5.24. The summed E-state index contributed by atoms with van der Waals surface area (Å²) < 4.78 is 6.18. The Bertz CT molecular complexity index is 555. The highest BCUT2D eigenvalue weighted by atomic mass is 79.9. The molecule has 0 N–H and O–H groups in total. The minimum absolute atomic E-state index is 0.545. The van der Waals surface area contributed by atoms with Gasteiger partial charge in [0.25, 0.3) is 0 Å². The molecule has 0 aliphatic heterocycles. The smallest absolute Gasteiger partial charge is 0.120 e. The molecule has 0 saturated carbocycles. The molecule has 2 rings (SSSR count). The number of hydrogen-bond donors (Lipinski definition) is 0. The van der Waals surface area contributed by atoms with Gasteiger partial charge >= 0.3 is 0 Å². The average molecular weight is 332 g/mol. The summed E-state index contributed by atoms with van der Waals surface area (Å²) in [6, 6.07) is 11.4. The van der Waals surface area contributed by atoms with E-state index in [9.17, 15) is 0 Å². The van der Waals surface area contributed by atoms with Crippen molar-refractivity contribution in [3.05, 3.63) is 50.9 Å².